The molecule has 0 rings (SSSR count). The first-order valence-corrected chi connectivity index (χ1v) is 2.02. The summed E-state index contributed by atoms with van der Waals surface area (Å²) in [5, 5.41) is 0. The Labute approximate surface area is 70.9 Å². The van der Waals surface area contributed by atoms with E-state index >= 15 is 0 Å². The molecular weight excluding hydrogens is 117 g/mol. The number of ether oxygens (including phenoxy) is 1. The molecule has 0 spiro atoms. The normalized spacial score (nSPS) is 11.4. The maximum absolute atomic E-state index is 10.2. The van der Waals surface area contributed by atoms with Crippen molar-refractivity contribution < 1.29 is 9.53 Å². The van der Waals surface area contributed by atoms with Gasteiger partial charge in [0, 0.05) is 0 Å². The summed E-state index contributed by atoms with van der Waals surface area (Å²) in [6.45, 7) is 1.58. The molecule has 4 heteroatoms. The van der Waals surface area contributed by atoms with E-state index in [1.54, 1.807) is 6.92 Å². The van der Waals surface area contributed by atoms with Crippen molar-refractivity contribution in [3.63, 3.8) is 0 Å². The number of hydrogen-bond acceptors (Lipinski definition) is 3. The minimum absolute atomic E-state index is 0. The summed E-state index contributed by atoms with van der Waals surface area (Å²) in [7, 11) is 1.31. The molecule has 2 N–H and O–H groups in total. The van der Waals surface area contributed by atoms with Crippen LogP contribution in [-0.2, 0) is 9.53 Å². The Hall–Kier alpha value is 0.430. The van der Waals surface area contributed by atoms with Crippen molar-refractivity contribution in [1.29, 1.82) is 0 Å². The van der Waals surface area contributed by atoms with E-state index in [0.29, 0.717) is 0 Å². The standard InChI is InChI=1S/C4H9NO2.Na.H/c1-3(5)4(6)7-2;;/h3H,5H2,1-2H3;;/t3-;;/m0../s1. The molecule has 0 aliphatic heterocycles. The summed E-state index contributed by atoms with van der Waals surface area (Å²) in [5.41, 5.74) is 5.07. The van der Waals surface area contributed by atoms with Crippen LogP contribution in [-0.4, -0.2) is 48.7 Å². The van der Waals surface area contributed by atoms with E-state index in [9.17, 15) is 4.79 Å². The predicted molar refractivity (Wildman–Crippen MR) is 32.8 cm³/mol. The summed E-state index contributed by atoms with van der Waals surface area (Å²) in [4.78, 5) is 10.2. The van der Waals surface area contributed by atoms with Crippen molar-refractivity contribution in [1.82, 2.24) is 0 Å². The van der Waals surface area contributed by atoms with Gasteiger partial charge in [0.15, 0.2) is 0 Å². The van der Waals surface area contributed by atoms with Crippen LogP contribution < -0.4 is 5.73 Å². The molecule has 0 aromatic heterocycles. The van der Waals surface area contributed by atoms with Gasteiger partial charge in [-0.1, -0.05) is 0 Å². The molecule has 0 amide bonds. The van der Waals surface area contributed by atoms with Gasteiger partial charge in [-0.15, -0.1) is 0 Å². The molecule has 0 heterocycles. The molecule has 0 aliphatic rings. The number of esters is 1. The molecule has 8 heavy (non-hydrogen) atoms. The molecule has 0 aromatic rings. The monoisotopic (exact) mass is 127 g/mol. The molecule has 3 nitrogen and oxygen atoms in total. The molecule has 0 saturated carbocycles. The van der Waals surface area contributed by atoms with Gasteiger partial charge in [0.25, 0.3) is 0 Å². The summed E-state index contributed by atoms with van der Waals surface area (Å²) in [5.74, 6) is -0.375. The first-order chi connectivity index (χ1) is 3.18. The van der Waals surface area contributed by atoms with E-state index in [1.807, 2.05) is 0 Å². The van der Waals surface area contributed by atoms with Gasteiger partial charge in [0.05, 0.1) is 7.11 Å². The Morgan fingerprint density at radius 1 is 1.75 bits per heavy atom. The Balaban J connectivity index is 0. The first-order valence-electron chi connectivity index (χ1n) is 2.02. The van der Waals surface area contributed by atoms with Gasteiger partial charge in [0.2, 0.25) is 0 Å². The number of rotatable bonds is 1. The van der Waals surface area contributed by atoms with Crippen molar-refractivity contribution in [2.45, 2.75) is 13.0 Å². The second-order valence-corrected chi connectivity index (χ2v) is 1.31. The fourth-order valence-corrected chi connectivity index (χ4v) is 0.186. The zero-order valence-electron chi connectivity index (χ0n) is 4.47. The van der Waals surface area contributed by atoms with E-state index in [4.69, 9.17) is 5.73 Å². The van der Waals surface area contributed by atoms with Crippen LogP contribution in [0.4, 0.5) is 0 Å². The van der Waals surface area contributed by atoms with Crippen LogP contribution in [0.5, 0.6) is 0 Å². The van der Waals surface area contributed by atoms with Crippen molar-refractivity contribution in [2.24, 2.45) is 5.73 Å². The fourth-order valence-electron chi connectivity index (χ4n) is 0.186. The average molecular weight is 127 g/mol. The Kier molecular flexibility index (Phi) is 7.83. The molecule has 0 aromatic carbocycles. The minimum atomic E-state index is -0.495. The summed E-state index contributed by atoms with van der Waals surface area (Å²) in [6, 6.07) is -0.495. The van der Waals surface area contributed by atoms with E-state index in [2.05, 4.69) is 4.74 Å². The zero-order chi connectivity index (χ0) is 5.86. The van der Waals surface area contributed by atoms with Gasteiger partial charge in [0.1, 0.15) is 6.04 Å². The number of nitrogens with two attached hydrogens (primary N) is 1. The van der Waals surface area contributed by atoms with Crippen molar-refractivity contribution in [3.8, 4) is 0 Å². The first kappa shape index (κ1) is 11.3. The summed E-state index contributed by atoms with van der Waals surface area (Å²) in [6.07, 6.45) is 0. The quantitative estimate of drug-likeness (QED) is 0.358. The summed E-state index contributed by atoms with van der Waals surface area (Å²) < 4.78 is 4.25. The molecule has 0 bridgehead atoms. The van der Waals surface area contributed by atoms with E-state index < -0.39 is 6.04 Å². The third-order valence-electron chi connectivity index (χ3n) is 0.573. The third kappa shape index (κ3) is 4.59. The SMILES string of the molecule is COC(=O)[C@H](C)N.[NaH]. The number of carbonyl (C=O) groups is 1. The number of methoxy groups -OCH3 is 1. The Morgan fingerprint density at radius 3 is 2.12 bits per heavy atom. The van der Waals surface area contributed by atoms with Crippen LogP contribution in [0.15, 0.2) is 0 Å². The second kappa shape index (κ2) is 5.56. The van der Waals surface area contributed by atoms with Gasteiger partial charge in [-0.2, -0.15) is 0 Å². The van der Waals surface area contributed by atoms with Crippen LogP contribution in [0.2, 0.25) is 0 Å². The topological polar surface area (TPSA) is 52.3 Å². The van der Waals surface area contributed by atoms with E-state index in [0.717, 1.165) is 0 Å². The third-order valence-corrected chi connectivity index (χ3v) is 0.573. The predicted octanol–water partition coefficient (Wildman–Crippen LogP) is -1.14. The van der Waals surface area contributed by atoms with Crippen LogP contribution in [0.1, 0.15) is 6.92 Å². The molecule has 0 saturated heterocycles. The van der Waals surface area contributed by atoms with E-state index in [-0.39, 0.29) is 35.5 Å². The van der Waals surface area contributed by atoms with Crippen molar-refractivity contribution in [3.05, 3.63) is 0 Å². The van der Waals surface area contributed by atoms with Crippen molar-refractivity contribution in [2.75, 3.05) is 7.11 Å². The van der Waals surface area contributed by atoms with E-state index in [1.165, 1.54) is 7.11 Å². The average Bonchev–Trinajstić information content (AvgIpc) is 1.65. The molecule has 44 valence electrons. The molecule has 0 aliphatic carbocycles. The number of carbonyl (C=O) groups excluding carboxylic acids is 1. The van der Waals surface area contributed by atoms with Crippen molar-refractivity contribution >= 4 is 35.5 Å². The fraction of sp³-hybridized carbons (Fsp3) is 0.750. The molecule has 0 unspecified atom stereocenters. The molecule has 0 fully saturated rings. The van der Waals surface area contributed by atoms with Gasteiger partial charge >= 0.3 is 35.5 Å². The van der Waals surface area contributed by atoms with Crippen LogP contribution in [0, 0.1) is 0 Å². The summed E-state index contributed by atoms with van der Waals surface area (Å²) >= 11 is 0. The Bertz CT molecular complexity index is 74.4. The van der Waals surface area contributed by atoms with Crippen LogP contribution in [0.25, 0.3) is 0 Å². The van der Waals surface area contributed by atoms with Crippen LogP contribution >= 0.6 is 0 Å². The van der Waals surface area contributed by atoms with Gasteiger partial charge in [-0.3, -0.25) is 4.79 Å². The second-order valence-electron chi connectivity index (χ2n) is 1.31. The Morgan fingerprint density at radius 2 is 2.12 bits per heavy atom. The van der Waals surface area contributed by atoms with Gasteiger partial charge in [-0.25, -0.2) is 0 Å². The molecule has 1 atom stereocenters. The number of hydrogen-bond donors (Lipinski definition) is 1. The maximum atomic E-state index is 10.2. The zero-order valence-corrected chi connectivity index (χ0v) is 4.47. The van der Waals surface area contributed by atoms with Gasteiger partial charge < -0.3 is 10.5 Å². The molecular formula is C4H10NNaO2. The molecule has 0 radical (unpaired) electrons. The van der Waals surface area contributed by atoms with Gasteiger partial charge in [-0.05, 0) is 6.92 Å². The van der Waals surface area contributed by atoms with Crippen LogP contribution in [0.3, 0.4) is 0 Å².